The van der Waals surface area contributed by atoms with E-state index in [-0.39, 0.29) is 12.5 Å². The quantitative estimate of drug-likeness (QED) is 0.551. The lowest BCUT2D eigenvalue weighted by molar-refractivity contribution is -0.118. The smallest absolute Gasteiger partial charge is 0.240 e. The van der Waals surface area contributed by atoms with E-state index in [1.807, 2.05) is 0 Å². The number of methoxy groups -OCH3 is 1. The molecule has 0 spiro atoms. The van der Waals surface area contributed by atoms with Gasteiger partial charge in [0.25, 0.3) is 0 Å². The van der Waals surface area contributed by atoms with Gasteiger partial charge in [-0.2, -0.15) is 5.48 Å². The van der Waals surface area contributed by atoms with Crippen LogP contribution in [0.15, 0.2) is 24.3 Å². The van der Waals surface area contributed by atoms with Gasteiger partial charge in [0, 0.05) is 12.8 Å². The Morgan fingerprint density at radius 1 is 1.41 bits per heavy atom. The summed E-state index contributed by atoms with van der Waals surface area (Å²) in [6.07, 6.45) is 0. The highest BCUT2D eigenvalue weighted by atomic mass is 19.1. The van der Waals surface area contributed by atoms with Crippen LogP contribution in [0.2, 0.25) is 0 Å². The summed E-state index contributed by atoms with van der Waals surface area (Å²) in [6.45, 7) is 0.780. The van der Waals surface area contributed by atoms with Crippen LogP contribution in [0, 0.1) is 5.82 Å². The third-order valence-corrected chi connectivity index (χ3v) is 1.83. The molecule has 0 aromatic heterocycles. The summed E-state index contributed by atoms with van der Waals surface area (Å²) in [6, 6.07) is 5.67. The van der Waals surface area contributed by atoms with Gasteiger partial charge in [-0.3, -0.25) is 9.63 Å². The van der Waals surface area contributed by atoms with Crippen molar-refractivity contribution in [3.63, 3.8) is 0 Å². The van der Waals surface area contributed by atoms with E-state index in [2.05, 4.69) is 10.8 Å². The number of benzene rings is 1. The molecular formula is C11H15FN2O3. The average molecular weight is 242 g/mol. The first-order chi connectivity index (χ1) is 8.22. The van der Waals surface area contributed by atoms with Crippen molar-refractivity contribution in [3.8, 4) is 0 Å². The van der Waals surface area contributed by atoms with Crippen molar-refractivity contribution in [1.82, 2.24) is 5.48 Å². The molecule has 17 heavy (non-hydrogen) atoms. The number of anilines is 1. The fourth-order valence-electron chi connectivity index (χ4n) is 1.09. The van der Waals surface area contributed by atoms with E-state index in [0.717, 1.165) is 0 Å². The van der Waals surface area contributed by atoms with Gasteiger partial charge in [0.1, 0.15) is 12.4 Å². The Kier molecular flexibility index (Phi) is 6.16. The number of carbonyl (C=O) groups is 1. The van der Waals surface area contributed by atoms with Crippen molar-refractivity contribution in [2.24, 2.45) is 0 Å². The van der Waals surface area contributed by atoms with Crippen molar-refractivity contribution in [3.05, 3.63) is 30.1 Å². The molecule has 94 valence electrons. The Labute approximate surface area is 98.9 Å². The predicted octanol–water partition coefficient (Wildman–Crippen LogP) is 0.932. The second-order valence-electron chi connectivity index (χ2n) is 3.22. The maximum Gasteiger partial charge on any atom is 0.240 e. The van der Waals surface area contributed by atoms with Crippen molar-refractivity contribution in [2.75, 3.05) is 32.2 Å². The maximum absolute atomic E-state index is 12.8. The fraction of sp³-hybridized carbons (Fsp3) is 0.364. The van der Waals surface area contributed by atoms with Gasteiger partial charge >= 0.3 is 0 Å². The van der Waals surface area contributed by atoms with Gasteiger partial charge in [-0.05, 0) is 18.2 Å². The third kappa shape index (κ3) is 5.96. The Bertz CT molecular complexity index is 360. The molecule has 0 saturated heterocycles. The summed E-state index contributed by atoms with van der Waals surface area (Å²) in [5.74, 6) is -0.708. The van der Waals surface area contributed by atoms with Gasteiger partial charge < -0.3 is 10.1 Å². The van der Waals surface area contributed by atoms with E-state index in [1.165, 1.54) is 18.2 Å². The Hall–Kier alpha value is -1.50. The number of hydrogen-bond donors (Lipinski definition) is 2. The van der Waals surface area contributed by atoms with Crippen LogP contribution in [0.5, 0.6) is 0 Å². The lowest BCUT2D eigenvalue weighted by Gasteiger charge is -2.06. The van der Waals surface area contributed by atoms with E-state index in [9.17, 15) is 9.18 Å². The first kappa shape index (κ1) is 13.6. The van der Waals surface area contributed by atoms with Gasteiger partial charge in [0.15, 0.2) is 0 Å². The molecule has 1 aromatic rings. The minimum absolute atomic E-state index is 0.0137. The molecule has 0 aliphatic heterocycles. The van der Waals surface area contributed by atoms with E-state index in [0.29, 0.717) is 18.9 Å². The summed E-state index contributed by atoms with van der Waals surface area (Å²) < 4.78 is 17.6. The second kappa shape index (κ2) is 7.72. The van der Waals surface area contributed by atoms with Crippen molar-refractivity contribution in [1.29, 1.82) is 0 Å². The van der Waals surface area contributed by atoms with Gasteiger partial charge in [0.2, 0.25) is 5.91 Å². The Morgan fingerprint density at radius 3 is 2.94 bits per heavy atom. The minimum atomic E-state index is -0.396. The molecule has 0 bridgehead atoms. The molecule has 0 saturated carbocycles. The number of rotatable bonds is 7. The first-order valence-corrected chi connectivity index (χ1v) is 5.11. The summed E-state index contributed by atoms with van der Waals surface area (Å²) >= 11 is 0. The zero-order valence-electron chi connectivity index (χ0n) is 9.53. The van der Waals surface area contributed by atoms with Crippen LogP contribution in [0.1, 0.15) is 0 Å². The van der Waals surface area contributed by atoms with Gasteiger partial charge in [-0.1, -0.05) is 6.07 Å². The predicted molar refractivity (Wildman–Crippen MR) is 60.9 cm³/mol. The number of ether oxygens (including phenoxy) is 1. The molecular weight excluding hydrogens is 227 g/mol. The molecule has 1 rings (SSSR count). The van der Waals surface area contributed by atoms with Crippen molar-refractivity contribution >= 4 is 11.6 Å². The highest BCUT2D eigenvalue weighted by Crippen LogP contribution is 2.08. The summed E-state index contributed by atoms with van der Waals surface area (Å²) in [5, 5.41) is 2.52. The molecule has 0 heterocycles. The lowest BCUT2D eigenvalue weighted by Crippen LogP contribution is -2.29. The fourth-order valence-corrected chi connectivity index (χ4v) is 1.09. The van der Waals surface area contributed by atoms with Gasteiger partial charge in [-0.15, -0.1) is 0 Å². The van der Waals surface area contributed by atoms with Crippen LogP contribution in [0.3, 0.4) is 0 Å². The minimum Gasteiger partial charge on any atom is -0.382 e. The molecule has 6 heteroatoms. The molecule has 0 radical (unpaired) electrons. The average Bonchev–Trinajstić information content (AvgIpc) is 2.29. The molecule has 5 nitrogen and oxygen atoms in total. The van der Waals surface area contributed by atoms with Crippen LogP contribution < -0.4 is 10.8 Å². The van der Waals surface area contributed by atoms with E-state index in [1.54, 1.807) is 13.2 Å². The van der Waals surface area contributed by atoms with Crippen LogP contribution >= 0.6 is 0 Å². The lowest BCUT2D eigenvalue weighted by atomic mass is 10.3. The maximum atomic E-state index is 12.8. The van der Waals surface area contributed by atoms with E-state index in [4.69, 9.17) is 9.57 Å². The molecule has 0 unspecified atom stereocenters. The SMILES string of the molecule is COCCONCC(=O)Nc1cccc(F)c1. The first-order valence-electron chi connectivity index (χ1n) is 5.11. The van der Waals surface area contributed by atoms with Gasteiger partial charge in [0.05, 0.1) is 13.2 Å². The molecule has 2 N–H and O–H groups in total. The molecule has 0 atom stereocenters. The van der Waals surface area contributed by atoms with Crippen LogP contribution in [-0.2, 0) is 14.4 Å². The number of amides is 1. The Morgan fingerprint density at radius 2 is 2.24 bits per heavy atom. The molecule has 0 aliphatic rings. The Balaban J connectivity index is 2.21. The molecule has 0 fully saturated rings. The topological polar surface area (TPSA) is 59.6 Å². The molecule has 1 aromatic carbocycles. The van der Waals surface area contributed by atoms with Crippen molar-refractivity contribution < 1.29 is 18.8 Å². The summed E-state index contributed by atoms with van der Waals surface area (Å²) in [4.78, 5) is 16.2. The summed E-state index contributed by atoms with van der Waals surface area (Å²) in [5.41, 5.74) is 2.88. The zero-order chi connectivity index (χ0) is 12.5. The number of nitrogens with one attached hydrogen (secondary N) is 2. The number of hydrogen-bond acceptors (Lipinski definition) is 4. The van der Waals surface area contributed by atoms with Crippen LogP contribution in [-0.4, -0.2) is 32.8 Å². The second-order valence-corrected chi connectivity index (χ2v) is 3.22. The zero-order valence-corrected chi connectivity index (χ0v) is 9.53. The third-order valence-electron chi connectivity index (χ3n) is 1.83. The summed E-state index contributed by atoms with van der Waals surface area (Å²) in [7, 11) is 1.56. The standard InChI is InChI=1S/C11H15FN2O3/c1-16-5-6-17-13-8-11(15)14-10-4-2-3-9(12)7-10/h2-4,7,13H,5-6,8H2,1H3,(H,14,15). The highest BCUT2D eigenvalue weighted by Gasteiger charge is 2.02. The van der Waals surface area contributed by atoms with E-state index < -0.39 is 5.82 Å². The van der Waals surface area contributed by atoms with Crippen LogP contribution in [0.4, 0.5) is 10.1 Å². The normalized spacial score (nSPS) is 10.2. The largest absolute Gasteiger partial charge is 0.382 e. The van der Waals surface area contributed by atoms with Gasteiger partial charge in [-0.25, -0.2) is 4.39 Å². The monoisotopic (exact) mass is 242 g/mol. The number of hydroxylamine groups is 1. The highest BCUT2D eigenvalue weighted by molar-refractivity contribution is 5.92. The van der Waals surface area contributed by atoms with E-state index >= 15 is 0 Å². The number of halogens is 1. The molecule has 1 amide bonds. The van der Waals surface area contributed by atoms with Crippen molar-refractivity contribution in [2.45, 2.75) is 0 Å². The number of carbonyl (C=O) groups excluding carboxylic acids is 1. The van der Waals surface area contributed by atoms with Crippen LogP contribution in [0.25, 0.3) is 0 Å². The molecule has 0 aliphatic carbocycles.